The first-order valence-corrected chi connectivity index (χ1v) is 7.22. The van der Waals surface area contributed by atoms with E-state index in [4.69, 9.17) is 0 Å². The topological polar surface area (TPSA) is 57.2 Å². The average Bonchev–Trinajstić information content (AvgIpc) is 2.98. The maximum Gasteiger partial charge on any atom is 0.231 e. The van der Waals surface area contributed by atoms with Crippen molar-refractivity contribution < 1.29 is 0 Å². The van der Waals surface area contributed by atoms with Crippen LogP contribution in [0.15, 0.2) is 0 Å². The number of aromatic nitrogens is 3. The Balaban J connectivity index is 2.28. The lowest BCUT2D eigenvalue weighted by Gasteiger charge is -2.22. The van der Waals surface area contributed by atoms with Crippen LogP contribution in [0.2, 0.25) is 0 Å². The van der Waals surface area contributed by atoms with Gasteiger partial charge in [-0.3, -0.25) is 0 Å². The van der Waals surface area contributed by atoms with E-state index in [-0.39, 0.29) is 0 Å². The van der Waals surface area contributed by atoms with Crippen LogP contribution in [0.1, 0.15) is 33.1 Å². The Bertz CT molecular complexity index is 402. The van der Waals surface area contributed by atoms with Gasteiger partial charge in [-0.1, -0.05) is 6.92 Å². The first-order valence-electron chi connectivity index (χ1n) is 7.22. The number of hydrogen-bond donors (Lipinski definition) is 1. The molecule has 6 nitrogen and oxygen atoms in total. The fourth-order valence-electron chi connectivity index (χ4n) is 2.34. The van der Waals surface area contributed by atoms with Crippen molar-refractivity contribution in [2.75, 3.05) is 48.3 Å². The van der Waals surface area contributed by atoms with Gasteiger partial charge in [-0.25, -0.2) is 0 Å². The second-order valence-electron chi connectivity index (χ2n) is 4.78. The fourth-order valence-corrected chi connectivity index (χ4v) is 2.34. The van der Waals surface area contributed by atoms with Crippen molar-refractivity contribution in [3.63, 3.8) is 0 Å². The van der Waals surface area contributed by atoms with E-state index in [1.807, 2.05) is 7.05 Å². The molecule has 0 spiro atoms. The maximum absolute atomic E-state index is 4.64. The van der Waals surface area contributed by atoms with E-state index in [0.717, 1.165) is 44.5 Å². The van der Waals surface area contributed by atoms with Crippen LogP contribution in [0.4, 0.5) is 17.8 Å². The summed E-state index contributed by atoms with van der Waals surface area (Å²) < 4.78 is 0. The molecule has 1 aliphatic rings. The molecule has 1 aromatic rings. The zero-order valence-corrected chi connectivity index (χ0v) is 12.2. The number of rotatable bonds is 6. The molecule has 19 heavy (non-hydrogen) atoms. The molecule has 1 N–H and O–H groups in total. The normalized spacial score (nSPS) is 14.8. The molecule has 0 bridgehead atoms. The Morgan fingerprint density at radius 1 is 1.16 bits per heavy atom. The van der Waals surface area contributed by atoms with E-state index in [1.54, 1.807) is 0 Å². The van der Waals surface area contributed by atoms with Gasteiger partial charge in [0.2, 0.25) is 17.8 Å². The molecule has 1 aromatic heterocycles. The minimum Gasteiger partial charge on any atom is -0.357 e. The molecule has 0 aromatic carbocycles. The second kappa shape index (κ2) is 6.54. The standard InChI is InChI=1S/C13H24N6/c1-4-8-18(5-2)12-15-11(14-3)16-13(17-12)19-9-6-7-10-19/h4-10H2,1-3H3,(H,14,15,16,17). The summed E-state index contributed by atoms with van der Waals surface area (Å²) in [5.74, 6) is 2.24. The van der Waals surface area contributed by atoms with Crippen molar-refractivity contribution in [2.45, 2.75) is 33.1 Å². The van der Waals surface area contributed by atoms with Gasteiger partial charge in [0.1, 0.15) is 0 Å². The molecule has 2 heterocycles. The third kappa shape index (κ3) is 3.24. The van der Waals surface area contributed by atoms with Crippen LogP contribution < -0.4 is 15.1 Å². The van der Waals surface area contributed by atoms with Crippen LogP contribution in [0.25, 0.3) is 0 Å². The van der Waals surface area contributed by atoms with Gasteiger partial charge in [-0.05, 0) is 26.2 Å². The first kappa shape index (κ1) is 13.8. The molecule has 0 radical (unpaired) electrons. The minimum absolute atomic E-state index is 0.654. The first-order chi connectivity index (χ1) is 9.28. The highest BCUT2D eigenvalue weighted by molar-refractivity contribution is 5.45. The molecule has 1 fully saturated rings. The summed E-state index contributed by atoms with van der Waals surface area (Å²) in [5.41, 5.74) is 0. The molecular formula is C13H24N6. The highest BCUT2D eigenvalue weighted by atomic mass is 15.4. The smallest absolute Gasteiger partial charge is 0.231 e. The van der Waals surface area contributed by atoms with E-state index < -0.39 is 0 Å². The van der Waals surface area contributed by atoms with Crippen LogP contribution in [0, 0.1) is 0 Å². The number of nitrogens with zero attached hydrogens (tertiary/aromatic N) is 5. The lowest BCUT2D eigenvalue weighted by Crippen LogP contribution is -2.28. The predicted octanol–water partition coefficient (Wildman–Crippen LogP) is 1.75. The van der Waals surface area contributed by atoms with Crippen molar-refractivity contribution in [1.82, 2.24) is 15.0 Å². The Morgan fingerprint density at radius 3 is 2.47 bits per heavy atom. The second-order valence-corrected chi connectivity index (χ2v) is 4.78. The highest BCUT2D eigenvalue weighted by Crippen LogP contribution is 2.20. The Morgan fingerprint density at radius 2 is 1.89 bits per heavy atom. The molecule has 0 aliphatic carbocycles. The highest BCUT2D eigenvalue weighted by Gasteiger charge is 2.18. The van der Waals surface area contributed by atoms with Crippen LogP contribution in [-0.2, 0) is 0 Å². The summed E-state index contributed by atoms with van der Waals surface area (Å²) in [6.07, 6.45) is 3.54. The Kier molecular flexibility index (Phi) is 4.76. The number of anilines is 3. The van der Waals surface area contributed by atoms with E-state index in [2.05, 4.69) is 43.9 Å². The van der Waals surface area contributed by atoms with Gasteiger partial charge in [0.25, 0.3) is 0 Å². The molecule has 1 saturated heterocycles. The summed E-state index contributed by atoms with van der Waals surface area (Å²) in [4.78, 5) is 18.0. The van der Waals surface area contributed by atoms with Gasteiger partial charge in [0.05, 0.1) is 0 Å². The molecule has 0 amide bonds. The molecule has 106 valence electrons. The summed E-state index contributed by atoms with van der Waals surface area (Å²) in [6.45, 7) is 8.29. The molecule has 0 atom stereocenters. The lowest BCUT2D eigenvalue weighted by atomic mass is 10.4. The summed E-state index contributed by atoms with van der Waals surface area (Å²) >= 11 is 0. The van der Waals surface area contributed by atoms with Crippen LogP contribution in [-0.4, -0.2) is 48.2 Å². The van der Waals surface area contributed by atoms with Crippen molar-refractivity contribution in [1.29, 1.82) is 0 Å². The van der Waals surface area contributed by atoms with E-state index >= 15 is 0 Å². The minimum atomic E-state index is 0.654. The third-order valence-corrected chi connectivity index (χ3v) is 3.38. The predicted molar refractivity (Wildman–Crippen MR) is 79.0 cm³/mol. The Hall–Kier alpha value is -1.59. The van der Waals surface area contributed by atoms with Crippen molar-refractivity contribution in [3.8, 4) is 0 Å². The van der Waals surface area contributed by atoms with E-state index in [1.165, 1.54) is 12.8 Å². The average molecular weight is 264 g/mol. The summed E-state index contributed by atoms with van der Waals surface area (Å²) in [7, 11) is 1.85. The van der Waals surface area contributed by atoms with Crippen molar-refractivity contribution in [3.05, 3.63) is 0 Å². The zero-order chi connectivity index (χ0) is 13.7. The quantitative estimate of drug-likeness (QED) is 0.845. The summed E-state index contributed by atoms with van der Waals surface area (Å²) in [6, 6.07) is 0. The molecule has 0 unspecified atom stereocenters. The van der Waals surface area contributed by atoms with E-state index in [9.17, 15) is 0 Å². The number of nitrogens with one attached hydrogen (secondary N) is 1. The summed E-state index contributed by atoms with van der Waals surface area (Å²) in [5, 5.41) is 3.04. The third-order valence-electron chi connectivity index (χ3n) is 3.38. The fraction of sp³-hybridized carbons (Fsp3) is 0.769. The maximum atomic E-state index is 4.64. The van der Waals surface area contributed by atoms with Gasteiger partial charge in [0, 0.05) is 33.2 Å². The Labute approximate surface area is 115 Å². The zero-order valence-electron chi connectivity index (χ0n) is 12.2. The largest absolute Gasteiger partial charge is 0.357 e. The monoisotopic (exact) mass is 264 g/mol. The van der Waals surface area contributed by atoms with Crippen LogP contribution >= 0.6 is 0 Å². The van der Waals surface area contributed by atoms with Crippen LogP contribution in [0.5, 0.6) is 0 Å². The van der Waals surface area contributed by atoms with Gasteiger partial charge in [-0.15, -0.1) is 0 Å². The molecular weight excluding hydrogens is 240 g/mol. The van der Waals surface area contributed by atoms with Gasteiger partial charge < -0.3 is 15.1 Å². The van der Waals surface area contributed by atoms with Gasteiger partial charge in [0.15, 0.2) is 0 Å². The number of hydrogen-bond acceptors (Lipinski definition) is 6. The van der Waals surface area contributed by atoms with Crippen molar-refractivity contribution >= 4 is 17.8 Å². The molecule has 2 rings (SSSR count). The molecule has 6 heteroatoms. The molecule has 0 saturated carbocycles. The van der Waals surface area contributed by atoms with Gasteiger partial charge in [-0.2, -0.15) is 15.0 Å². The molecule has 1 aliphatic heterocycles. The van der Waals surface area contributed by atoms with E-state index in [0.29, 0.717) is 5.95 Å². The van der Waals surface area contributed by atoms with Crippen molar-refractivity contribution in [2.24, 2.45) is 0 Å². The lowest BCUT2D eigenvalue weighted by molar-refractivity contribution is 0.752. The van der Waals surface area contributed by atoms with Gasteiger partial charge >= 0.3 is 0 Å². The SMILES string of the molecule is CCCN(CC)c1nc(NC)nc(N2CCCC2)n1. The van der Waals surface area contributed by atoms with Crippen LogP contribution in [0.3, 0.4) is 0 Å².